The highest BCUT2D eigenvalue weighted by Gasteiger charge is 2.21. The first-order chi connectivity index (χ1) is 11.1. The first-order valence-electron chi connectivity index (χ1n) is 7.82. The van der Waals surface area contributed by atoms with Gasteiger partial charge in [0.25, 0.3) is 0 Å². The molecule has 0 aliphatic heterocycles. The fraction of sp³-hybridized carbons (Fsp3) is 0.412. The number of hydrogen-bond donors (Lipinski definition) is 1. The summed E-state index contributed by atoms with van der Waals surface area (Å²) in [6, 6.07) is 5.61. The first-order valence-corrected chi connectivity index (χ1v) is 9.39. The molecule has 1 amide bonds. The van der Waals surface area contributed by atoms with Gasteiger partial charge in [-0.15, -0.1) is 11.3 Å². The molecule has 1 aliphatic rings. The van der Waals surface area contributed by atoms with E-state index in [0.29, 0.717) is 21.6 Å². The molecule has 2 aromatic rings. The fourth-order valence-corrected chi connectivity index (χ4v) is 4.12. The Labute approximate surface area is 150 Å². The molecule has 1 N–H and O–H groups in total. The standard InChI is InChI=1S/C17H18Cl2N2OS/c18-14-8-4-7-12(15(14)19)9-13-10-20-17(23-13)21-16(22)11-5-2-1-3-6-11/h4,7-8,10-11H,1-3,5-6,9H2,(H,20,21,22). The van der Waals surface area contributed by atoms with Gasteiger partial charge in [0, 0.05) is 23.4 Å². The third-order valence-corrected chi connectivity index (χ3v) is 5.93. The zero-order chi connectivity index (χ0) is 16.2. The highest BCUT2D eigenvalue weighted by atomic mass is 35.5. The Kier molecular flexibility index (Phi) is 5.57. The second-order valence-electron chi connectivity index (χ2n) is 5.85. The van der Waals surface area contributed by atoms with Crippen LogP contribution in [-0.4, -0.2) is 10.9 Å². The number of thiazole rings is 1. The van der Waals surface area contributed by atoms with Crippen molar-refractivity contribution in [3.63, 3.8) is 0 Å². The molecule has 6 heteroatoms. The lowest BCUT2D eigenvalue weighted by Gasteiger charge is -2.19. The van der Waals surface area contributed by atoms with E-state index in [1.54, 1.807) is 12.3 Å². The number of rotatable bonds is 4. The Bertz CT molecular complexity index is 696. The largest absolute Gasteiger partial charge is 0.302 e. The van der Waals surface area contributed by atoms with E-state index in [-0.39, 0.29) is 11.8 Å². The maximum absolute atomic E-state index is 12.3. The Morgan fingerprint density at radius 1 is 1.26 bits per heavy atom. The average Bonchev–Trinajstić information content (AvgIpc) is 3.00. The van der Waals surface area contributed by atoms with Crippen LogP contribution in [0.5, 0.6) is 0 Å². The number of nitrogens with zero attached hydrogens (tertiary/aromatic N) is 1. The van der Waals surface area contributed by atoms with Crippen LogP contribution in [0.25, 0.3) is 0 Å². The summed E-state index contributed by atoms with van der Waals surface area (Å²) in [7, 11) is 0. The van der Waals surface area contributed by atoms with Gasteiger partial charge in [-0.05, 0) is 24.5 Å². The second kappa shape index (κ2) is 7.65. The van der Waals surface area contributed by atoms with E-state index in [1.165, 1.54) is 17.8 Å². The molecule has 1 aromatic carbocycles. The van der Waals surface area contributed by atoms with Gasteiger partial charge in [0.05, 0.1) is 10.0 Å². The third-order valence-electron chi connectivity index (χ3n) is 4.16. The highest BCUT2D eigenvalue weighted by Crippen LogP contribution is 2.30. The van der Waals surface area contributed by atoms with E-state index >= 15 is 0 Å². The van der Waals surface area contributed by atoms with Gasteiger partial charge < -0.3 is 5.32 Å². The van der Waals surface area contributed by atoms with Gasteiger partial charge in [-0.2, -0.15) is 0 Å². The molecule has 0 bridgehead atoms. The van der Waals surface area contributed by atoms with Gasteiger partial charge >= 0.3 is 0 Å². The van der Waals surface area contributed by atoms with Crippen LogP contribution in [-0.2, 0) is 11.2 Å². The summed E-state index contributed by atoms with van der Waals surface area (Å²) in [6.07, 6.45) is 7.97. The summed E-state index contributed by atoms with van der Waals surface area (Å²) in [5.41, 5.74) is 0.966. The molecule has 1 aromatic heterocycles. The van der Waals surface area contributed by atoms with Crippen molar-refractivity contribution in [2.45, 2.75) is 38.5 Å². The van der Waals surface area contributed by atoms with E-state index in [0.717, 1.165) is 36.1 Å². The monoisotopic (exact) mass is 368 g/mol. The van der Waals surface area contributed by atoms with Crippen LogP contribution in [0.4, 0.5) is 5.13 Å². The van der Waals surface area contributed by atoms with Crippen LogP contribution in [0.3, 0.4) is 0 Å². The summed E-state index contributed by atoms with van der Waals surface area (Å²) in [4.78, 5) is 17.6. The number of aromatic nitrogens is 1. The fourth-order valence-electron chi connectivity index (χ4n) is 2.89. The van der Waals surface area contributed by atoms with Crippen molar-refractivity contribution in [1.82, 2.24) is 4.98 Å². The van der Waals surface area contributed by atoms with Crippen molar-refractivity contribution in [3.05, 3.63) is 44.9 Å². The molecule has 23 heavy (non-hydrogen) atoms. The topological polar surface area (TPSA) is 42.0 Å². The number of carbonyl (C=O) groups is 1. The Morgan fingerprint density at radius 2 is 2.04 bits per heavy atom. The number of benzene rings is 1. The number of hydrogen-bond acceptors (Lipinski definition) is 3. The van der Waals surface area contributed by atoms with Crippen molar-refractivity contribution in [3.8, 4) is 0 Å². The Hall–Kier alpha value is -1.10. The van der Waals surface area contributed by atoms with Gasteiger partial charge in [-0.25, -0.2) is 4.98 Å². The molecule has 0 unspecified atom stereocenters. The van der Waals surface area contributed by atoms with Crippen LogP contribution in [0.15, 0.2) is 24.4 Å². The molecule has 1 aliphatic carbocycles. The molecule has 0 spiro atoms. The van der Waals surface area contributed by atoms with Gasteiger partial charge in [0.2, 0.25) is 5.91 Å². The van der Waals surface area contributed by atoms with Crippen molar-refractivity contribution in [2.75, 3.05) is 5.32 Å². The van der Waals surface area contributed by atoms with Crippen molar-refractivity contribution in [2.24, 2.45) is 5.92 Å². The van der Waals surface area contributed by atoms with Crippen LogP contribution in [0.2, 0.25) is 10.0 Å². The lowest BCUT2D eigenvalue weighted by atomic mass is 9.89. The minimum Gasteiger partial charge on any atom is -0.302 e. The van der Waals surface area contributed by atoms with Crippen LogP contribution in [0.1, 0.15) is 42.5 Å². The number of nitrogens with one attached hydrogen (secondary N) is 1. The highest BCUT2D eigenvalue weighted by molar-refractivity contribution is 7.15. The molecule has 1 heterocycles. The molecule has 1 fully saturated rings. The van der Waals surface area contributed by atoms with Crippen molar-refractivity contribution < 1.29 is 4.79 Å². The van der Waals surface area contributed by atoms with E-state index < -0.39 is 0 Å². The van der Waals surface area contributed by atoms with Crippen molar-refractivity contribution in [1.29, 1.82) is 0 Å². The lowest BCUT2D eigenvalue weighted by molar-refractivity contribution is -0.120. The number of amides is 1. The normalized spacial score (nSPS) is 15.6. The predicted molar refractivity (Wildman–Crippen MR) is 96.6 cm³/mol. The van der Waals surface area contributed by atoms with Crippen LogP contribution in [0, 0.1) is 5.92 Å². The van der Waals surface area contributed by atoms with Gasteiger partial charge in [-0.3, -0.25) is 4.79 Å². The summed E-state index contributed by atoms with van der Waals surface area (Å²) in [6.45, 7) is 0. The molecule has 3 nitrogen and oxygen atoms in total. The van der Waals surface area contributed by atoms with Crippen LogP contribution >= 0.6 is 34.5 Å². The minimum atomic E-state index is 0.103. The molecule has 0 atom stereocenters. The summed E-state index contributed by atoms with van der Waals surface area (Å²) in [5.74, 6) is 0.241. The quantitative estimate of drug-likeness (QED) is 0.767. The summed E-state index contributed by atoms with van der Waals surface area (Å²) < 4.78 is 0. The maximum Gasteiger partial charge on any atom is 0.229 e. The van der Waals surface area contributed by atoms with E-state index in [2.05, 4.69) is 10.3 Å². The van der Waals surface area contributed by atoms with Crippen molar-refractivity contribution >= 4 is 45.6 Å². The summed E-state index contributed by atoms with van der Waals surface area (Å²) in [5, 5.41) is 4.75. The van der Waals surface area contributed by atoms with E-state index in [1.807, 2.05) is 12.1 Å². The minimum absolute atomic E-state index is 0.103. The molecule has 1 saturated carbocycles. The van der Waals surface area contributed by atoms with E-state index in [4.69, 9.17) is 23.2 Å². The first kappa shape index (κ1) is 16.7. The number of carbonyl (C=O) groups excluding carboxylic acids is 1. The molecular weight excluding hydrogens is 351 g/mol. The van der Waals surface area contributed by atoms with E-state index in [9.17, 15) is 4.79 Å². The number of halogens is 2. The molecular formula is C17H18Cl2N2OS. The zero-order valence-corrected chi connectivity index (χ0v) is 15.0. The van der Waals surface area contributed by atoms with Crippen LogP contribution < -0.4 is 5.32 Å². The molecule has 122 valence electrons. The van der Waals surface area contributed by atoms with Gasteiger partial charge in [-0.1, -0.05) is 54.6 Å². The molecule has 3 rings (SSSR count). The molecule has 0 saturated heterocycles. The third kappa shape index (κ3) is 4.25. The Morgan fingerprint density at radius 3 is 2.83 bits per heavy atom. The summed E-state index contributed by atoms with van der Waals surface area (Å²) >= 11 is 13.7. The lowest BCUT2D eigenvalue weighted by Crippen LogP contribution is -2.24. The molecule has 0 radical (unpaired) electrons. The smallest absolute Gasteiger partial charge is 0.229 e. The Balaban J connectivity index is 1.63. The SMILES string of the molecule is O=C(Nc1ncc(Cc2cccc(Cl)c2Cl)s1)C1CCCCC1. The van der Waals surface area contributed by atoms with Gasteiger partial charge in [0.1, 0.15) is 0 Å². The van der Waals surface area contributed by atoms with Gasteiger partial charge in [0.15, 0.2) is 5.13 Å². The zero-order valence-electron chi connectivity index (χ0n) is 12.6. The predicted octanol–water partition coefficient (Wildman–Crippen LogP) is 5.56. The number of anilines is 1. The average molecular weight is 369 g/mol. The maximum atomic E-state index is 12.3. The second-order valence-corrected chi connectivity index (χ2v) is 7.75.